The Morgan fingerprint density at radius 2 is 2.32 bits per heavy atom. The molecule has 0 bridgehead atoms. The van der Waals surface area contributed by atoms with E-state index in [1.807, 2.05) is 32.0 Å². The Kier molecular flexibility index (Phi) is 4.43. The highest BCUT2D eigenvalue weighted by Crippen LogP contribution is 2.36. The predicted octanol–water partition coefficient (Wildman–Crippen LogP) is 1.96. The fraction of sp³-hybridized carbons (Fsp3) is 0.533. The third kappa shape index (κ3) is 3.47. The van der Waals surface area contributed by atoms with Gasteiger partial charge >= 0.3 is 0 Å². The van der Waals surface area contributed by atoms with Gasteiger partial charge in [-0.25, -0.2) is 0 Å². The van der Waals surface area contributed by atoms with E-state index in [2.05, 4.69) is 5.32 Å². The third-order valence-corrected chi connectivity index (χ3v) is 3.23. The van der Waals surface area contributed by atoms with Gasteiger partial charge in [-0.05, 0) is 38.3 Å². The van der Waals surface area contributed by atoms with Gasteiger partial charge in [-0.1, -0.05) is 12.1 Å². The van der Waals surface area contributed by atoms with E-state index in [1.54, 1.807) is 0 Å². The molecule has 1 aliphatic rings. The van der Waals surface area contributed by atoms with Crippen LogP contribution in [0.15, 0.2) is 18.2 Å². The highest BCUT2D eigenvalue weighted by Gasteiger charge is 2.23. The van der Waals surface area contributed by atoms with Crippen LogP contribution in [0.1, 0.15) is 43.9 Å². The molecule has 0 saturated carbocycles. The maximum absolute atomic E-state index is 11.5. The van der Waals surface area contributed by atoms with Gasteiger partial charge in [0.05, 0.1) is 19.1 Å². The summed E-state index contributed by atoms with van der Waals surface area (Å²) in [6.07, 6.45) is 1.57. The van der Waals surface area contributed by atoms with E-state index >= 15 is 0 Å². The second-order valence-corrected chi connectivity index (χ2v) is 5.20. The first-order valence-electron chi connectivity index (χ1n) is 6.80. The summed E-state index contributed by atoms with van der Waals surface area (Å²) in [7, 11) is 0. The van der Waals surface area contributed by atoms with Crippen LogP contribution < -0.4 is 10.1 Å². The van der Waals surface area contributed by atoms with Crippen LogP contribution in [0.25, 0.3) is 0 Å². The van der Waals surface area contributed by atoms with Gasteiger partial charge in [-0.3, -0.25) is 4.79 Å². The number of ether oxygens (including phenoxy) is 1. The predicted molar refractivity (Wildman–Crippen MR) is 73.1 cm³/mol. The number of carbonyl (C=O) groups is 1. The lowest BCUT2D eigenvalue weighted by Gasteiger charge is -2.12. The highest BCUT2D eigenvalue weighted by molar-refractivity contribution is 5.76. The molecule has 4 heteroatoms. The summed E-state index contributed by atoms with van der Waals surface area (Å²) < 4.78 is 5.68. The van der Waals surface area contributed by atoms with Crippen LogP contribution in [0.2, 0.25) is 0 Å². The Hall–Kier alpha value is -1.55. The van der Waals surface area contributed by atoms with Crippen LogP contribution in [-0.2, 0) is 11.2 Å². The number of aliphatic hydroxyl groups excluding tert-OH is 1. The molecule has 0 aliphatic heterocycles. The molecule has 0 spiro atoms. The van der Waals surface area contributed by atoms with E-state index in [4.69, 9.17) is 4.74 Å². The maximum Gasteiger partial charge on any atom is 0.223 e. The topological polar surface area (TPSA) is 58.6 Å². The molecule has 1 amide bonds. The molecule has 1 aromatic carbocycles. The van der Waals surface area contributed by atoms with Gasteiger partial charge in [0.1, 0.15) is 5.75 Å². The van der Waals surface area contributed by atoms with Crippen molar-refractivity contribution in [2.24, 2.45) is 0 Å². The Balaban J connectivity index is 1.89. The zero-order chi connectivity index (χ0) is 13.8. The minimum atomic E-state index is -0.372. The molecule has 4 nitrogen and oxygen atoms in total. The number of amides is 1. The molecule has 2 N–H and O–H groups in total. The first-order chi connectivity index (χ1) is 9.08. The van der Waals surface area contributed by atoms with Gasteiger partial charge in [-0.2, -0.15) is 0 Å². The molecule has 1 unspecified atom stereocenters. The molecule has 0 fully saturated rings. The molecular formula is C15H21NO3. The van der Waals surface area contributed by atoms with Crippen molar-refractivity contribution >= 4 is 5.91 Å². The molecule has 0 saturated heterocycles. The van der Waals surface area contributed by atoms with Crippen LogP contribution in [0, 0.1) is 0 Å². The number of aliphatic hydroxyl groups is 1. The quantitative estimate of drug-likeness (QED) is 0.853. The van der Waals surface area contributed by atoms with Crippen molar-refractivity contribution in [2.75, 3.05) is 6.61 Å². The Morgan fingerprint density at radius 1 is 1.53 bits per heavy atom. The van der Waals surface area contributed by atoms with Gasteiger partial charge < -0.3 is 15.2 Å². The van der Waals surface area contributed by atoms with Gasteiger partial charge in [0.25, 0.3) is 0 Å². The number of carbonyl (C=O) groups excluding carboxylic acids is 1. The molecule has 104 valence electrons. The van der Waals surface area contributed by atoms with E-state index in [9.17, 15) is 9.90 Å². The lowest BCUT2D eigenvalue weighted by atomic mass is 10.1. The average Bonchev–Trinajstić information content (AvgIpc) is 2.71. The zero-order valence-corrected chi connectivity index (χ0v) is 11.5. The summed E-state index contributed by atoms with van der Waals surface area (Å²) in [5, 5.41) is 12.6. The van der Waals surface area contributed by atoms with E-state index < -0.39 is 0 Å². The van der Waals surface area contributed by atoms with Gasteiger partial charge in [0.2, 0.25) is 5.91 Å². The summed E-state index contributed by atoms with van der Waals surface area (Å²) in [5.74, 6) is 0.800. The van der Waals surface area contributed by atoms with Crippen LogP contribution in [0.4, 0.5) is 0 Å². The largest absolute Gasteiger partial charge is 0.493 e. The third-order valence-electron chi connectivity index (χ3n) is 3.23. The van der Waals surface area contributed by atoms with Gasteiger partial charge in [-0.15, -0.1) is 0 Å². The molecule has 0 radical (unpaired) electrons. The SMILES string of the molecule is CC(C)NC(=O)CCOc1cccc2c1CCC2O. The number of benzene rings is 1. The second-order valence-electron chi connectivity index (χ2n) is 5.20. The number of nitrogens with one attached hydrogen (secondary N) is 1. The number of rotatable bonds is 5. The minimum Gasteiger partial charge on any atom is -0.493 e. The van der Waals surface area contributed by atoms with Crippen molar-refractivity contribution in [3.8, 4) is 5.75 Å². The molecule has 0 aromatic heterocycles. The summed E-state index contributed by atoms with van der Waals surface area (Å²) in [6.45, 7) is 4.24. The molecule has 2 rings (SSSR count). The Morgan fingerprint density at radius 3 is 3.05 bits per heavy atom. The van der Waals surface area contributed by atoms with E-state index in [1.165, 1.54) is 0 Å². The molecule has 19 heavy (non-hydrogen) atoms. The van der Waals surface area contributed by atoms with Crippen molar-refractivity contribution in [3.05, 3.63) is 29.3 Å². The van der Waals surface area contributed by atoms with Crippen LogP contribution in [0.3, 0.4) is 0 Å². The smallest absolute Gasteiger partial charge is 0.223 e. The first-order valence-corrected chi connectivity index (χ1v) is 6.80. The molecular weight excluding hydrogens is 242 g/mol. The summed E-state index contributed by atoms with van der Waals surface area (Å²) >= 11 is 0. The Bertz CT molecular complexity index is 457. The average molecular weight is 263 g/mol. The van der Waals surface area contributed by atoms with Crippen molar-refractivity contribution in [2.45, 2.75) is 45.3 Å². The lowest BCUT2D eigenvalue weighted by Crippen LogP contribution is -2.31. The van der Waals surface area contributed by atoms with E-state index in [0.29, 0.717) is 13.0 Å². The van der Waals surface area contributed by atoms with Crippen LogP contribution in [0.5, 0.6) is 5.75 Å². The monoisotopic (exact) mass is 263 g/mol. The Labute approximate surface area is 113 Å². The fourth-order valence-electron chi connectivity index (χ4n) is 2.38. The van der Waals surface area contributed by atoms with Gasteiger partial charge in [0, 0.05) is 11.6 Å². The van der Waals surface area contributed by atoms with Crippen LogP contribution >= 0.6 is 0 Å². The van der Waals surface area contributed by atoms with E-state index in [-0.39, 0.29) is 18.1 Å². The number of hydrogen-bond donors (Lipinski definition) is 2. The summed E-state index contributed by atoms with van der Waals surface area (Å²) in [6, 6.07) is 5.88. The van der Waals surface area contributed by atoms with E-state index in [0.717, 1.165) is 29.7 Å². The minimum absolute atomic E-state index is 0.00242. The summed E-state index contributed by atoms with van der Waals surface area (Å²) in [5.41, 5.74) is 2.04. The van der Waals surface area contributed by atoms with Crippen molar-refractivity contribution in [3.63, 3.8) is 0 Å². The maximum atomic E-state index is 11.5. The van der Waals surface area contributed by atoms with Gasteiger partial charge in [0.15, 0.2) is 0 Å². The highest BCUT2D eigenvalue weighted by atomic mass is 16.5. The number of hydrogen-bond acceptors (Lipinski definition) is 3. The van der Waals surface area contributed by atoms with Crippen molar-refractivity contribution < 1.29 is 14.6 Å². The normalized spacial score (nSPS) is 17.4. The number of fused-ring (bicyclic) bond motifs is 1. The molecule has 1 aliphatic carbocycles. The molecule has 1 atom stereocenters. The first kappa shape index (κ1) is 13.9. The zero-order valence-electron chi connectivity index (χ0n) is 11.5. The fourth-order valence-corrected chi connectivity index (χ4v) is 2.38. The lowest BCUT2D eigenvalue weighted by molar-refractivity contribution is -0.122. The van der Waals surface area contributed by atoms with Crippen molar-refractivity contribution in [1.29, 1.82) is 0 Å². The molecule has 0 heterocycles. The molecule has 1 aromatic rings. The van der Waals surface area contributed by atoms with Crippen molar-refractivity contribution in [1.82, 2.24) is 5.32 Å². The second kappa shape index (κ2) is 6.06. The standard InChI is InChI=1S/C15H21NO3/c1-10(2)16-15(18)8-9-19-14-5-3-4-11-12(14)6-7-13(11)17/h3-5,10,13,17H,6-9H2,1-2H3,(H,16,18). The summed E-state index contributed by atoms with van der Waals surface area (Å²) in [4.78, 5) is 11.5. The van der Waals surface area contributed by atoms with Crippen LogP contribution in [-0.4, -0.2) is 23.7 Å².